The SMILES string of the molecule is CCC.CCc1ccc2c(c1)N(C)C(C)N2C. The molecule has 1 aromatic rings. The maximum absolute atomic E-state index is 2.33. The summed E-state index contributed by atoms with van der Waals surface area (Å²) >= 11 is 0. The van der Waals surface area contributed by atoms with E-state index in [-0.39, 0.29) is 0 Å². The molecule has 1 atom stereocenters. The van der Waals surface area contributed by atoms with Crippen LogP contribution in [0.25, 0.3) is 0 Å². The molecule has 0 saturated carbocycles. The van der Waals surface area contributed by atoms with Crippen LogP contribution >= 0.6 is 0 Å². The molecular weight excluding hydrogens is 208 g/mol. The van der Waals surface area contributed by atoms with Crippen molar-refractivity contribution in [3.05, 3.63) is 23.8 Å². The van der Waals surface area contributed by atoms with Gasteiger partial charge in [0.05, 0.1) is 17.5 Å². The van der Waals surface area contributed by atoms with Crippen LogP contribution in [0.2, 0.25) is 0 Å². The minimum Gasteiger partial charge on any atom is -0.353 e. The zero-order valence-corrected chi connectivity index (χ0v) is 12.1. The second-order valence-electron chi connectivity index (χ2n) is 4.74. The molecule has 0 N–H and O–H groups in total. The molecule has 2 nitrogen and oxygen atoms in total. The molecule has 17 heavy (non-hydrogen) atoms. The van der Waals surface area contributed by atoms with Gasteiger partial charge in [-0.2, -0.15) is 0 Å². The Morgan fingerprint density at radius 3 is 2.06 bits per heavy atom. The van der Waals surface area contributed by atoms with Crippen molar-refractivity contribution in [1.82, 2.24) is 0 Å². The zero-order chi connectivity index (χ0) is 13.0. The molecule has 0 aliphatic carbocycles. The molecule has 0 spiro atoms. The number of anilines is 2. The lowest BCUT2D eigenvalue weighted by molar-refractivity contribution is 0.710. The lowest BCUT2D eigenvalue weighted by Crippen LogP contribution is -2.35. The number of hydrogen-bond acceptors (Lipinski definition) is 2. The first kappa shape index (κ1) is 13.9. The summed E-state index contributed by atoms with van der Waals surface area (Å²) in [4.78, 5) is 4.64. The van der Waals surface area contributed by atoms with Crippen LogP contribution in [0.4, 0.5) is 11.4 Å². The lowest BCUT2D eigenvalue weighted by atomic mass is 10.1. The van der Waals surface area contributed by atoms with Gasteiger partial charge < -0.3 is 9.80 Å². The average molecular weight is 234 g/mol. The van der Waals surface area contributed by atoms with Gasteiger partial charge in [0.1, 0.15) is 0 Å². The van der Waals surface area contributed by atoms with Crippen molar-refractivity contribution >= 4 is 11.4 Å². The Labute approximate surface area is 106 Å². The minimum absolute atomic E-state index is 0.470. The minimum atomic E-state index is 0.470. The summed E-state index contributed by atoms with van der Waals surface area (Å²) in [5, 5.41) is 0. The van der Waals surface area contributed by atoms with Crippen molar-refractivity contribution in [2.75, 3.05) is 23.9 Å². The standard InChI is InChI=1S/C12H18N2.C3H8/c1-5-10-6-7-11-12(8-10)14(4)9(2)13(11)3;1-3-2/h6-9H,5H2,1-4H3;3H2,1-2H3. The molecule has 96 valence electrons. The van der Waals surface area contributed by atoms with Gasteiger partial charge in [-0.1, -0.05) is 33.3 Å². The lowest BCUT2D eigenvalue weighted by Gasteiger charge is -2.23. The van der Waals surface area contributed by atoms with E-state index in [4.69, 9.17) is 0 Å². The zero-order valence-electron chi connectivity index (χ0n) is 12.1. The summed E-state index contributed by atoms with van der Waals surface area (Å²) in [6.45, 7) is 8.68. The fourth-order valence-electron chi connectivity index (χ4n) is 2.03. The molecule has 0 aromatic heterocycles. The Morgan fingerprint density at radius 1 is 1.00 bits per heavy atom. The fourth-order valence-corrected chi connectivity index (χ4v) is 2.03. The second-order valence-corrected chi connectivity index (χ2v) is 4.74. The van der Waals surface area contributed by atoms with Crippen molar-refractivity contribution in [2.45, 2.75) is 46.7 Å². The summed E-state index contributed by atoms with van der Waals surface area (Å²) in [5.74, 6) is 0. The highest BCUT2D eigenvalue weighted by Gasteiger charge is 2.27. The first-order chi connectivity index (χ1) is 8.06. The van der Waals surface area contributed by atoms with E-state index in [2.05, 4.69) is 69.8 Å². The highest BCUT2D eigenvalue weighted by Crippen LogP contribution is 2.37. The van der Waals surface area contributed by atoms with E-state index in [1.807, 2.05) is 0 Å². The summed E-state index contributed by atoms with van der Waals surface area (Å²) in [7, 11) is 4.31. The van der Waals surface area contributed by atoms with Gasteiger partial charge in [0.2, 0.25) is 0 Å². The van der Waals surface area contributed by atoms with Crippen LogP contribution < -0.4 is 9.80 Å². The Kier molecular flexibility index (Phi) is 4.86. The van der Waals surface area contributed by atoms with Gasteiger partial charge in [0.15, 0.2) is 0 Å². The molecule has 2 rings (SSSR count). The van der Waals surface area contributed by atoms with Gasteiger partial charge >= 0.3 is 0 Å². The van der Waals surface area contributed by atoms with Gasteiger partial charge in [0, 0.05) is 14.1 Å². The molecule has 1 aliphatic heterocycles. The maximum atomic E-state index is 2.33. The number of fused-ring (bicyclic) bond motifs is 1. The Balaban J connectivity index is 0.000000437. The van der Waals surface area contributed by atoms with E-state index >= 15 is 0 Å². The normalized spacial score (nSPS) is 17.6. The van der Waals surface area contributed by atoms with Crippen LogP contribution in [0.1, 0.15) is 39.7 Å². The first-order valence-corrected chi connectivity index (χ1v) is 6.65. The smallest absolute Gasteiger partial charge is 0.0982 e. The number of rotatable bonds is 1. The third-order valence-corrected chi connectivity index (χ3v) is 3.33. The van der Waals surface area contributed by atoms with Crippen LogP contribution in [-0.2, 0) is 6.42 Å². The molecule has 1 aromatic carbocycles. The van der Waals surface area contributed by atoms with Gasteiger partial charge in [-0.05, 0) is 31.0 Å². The predicted molar refractivity (Wildman–Crippen MR) is 78.1 cm³/mol. The molecule has 0 bridgehead atoms. The molecule has 0 radical (unpaired) electrons. The van der Waals surface area contributed by atoms with Crippen LogP contribution in [0.15, 0.2) is 18.2 Å². The van der Waals surface area contributed by atoms with Crippen molar-refractivity contribution in [3.8, 4) is 0 Å². The highest BCUT2D eigenvalue weighted by molar-refractivity contribution is 5.77. The van der Waals surface area contributed by atoms with E-state index in [9.17, 15) is 0 Å². The molecule has 0 amide bonds. The Bertz CT molecular complexity index is 360. The number of aryl methyl sites for hydroxylation is 1. The number of hydrogen-bond donors (Lipinski definition) is 0. The Hall–Kier alpha value is -1.18. The van der Waals surface area contributed by atoms with Gasteiger partial charge in [-0.3, -0.25) is 0 Å². The van der Waals surface area contributed by atoms with E-state index in [0.717, 1.165) is 6.42 Å². The van der Waals surface area contributed by atoms with Crippen molar-refractivity contribution in [1.29, 1.82) is 0 Å². The molecule has 0 fully saturated rings. The van der Waals surface area contributed by atoms with Gasteiger partial charge in [0.25, 0.3) is 0 Å². The van der Waals surface area contributed by atoms with Crippen LogP contribution in [0, 0.1) is 0 Å². The van der Waals surface area contributed by atoms with E-state index in [1.54, 1.807) is 0 Å². The second kappa shape index (κ2) is 5.95. The molecule has 1 unspecified atom stereocenters. The van der Waals surface area contributed by atoms with Crippen LogP contribution in [0.3, 0.4) is 0 Å². The predicted octanol–water partition coefficient (Wildman–Crippen LogP) is 3.90. The number of benzene rings is 1. The Morgan fingerprint density at radius 2 is 1.53 bits per heavy atom. The molecule has 1 aliphatic rings. The highest BCUT2D eigenvalue weighted by atomic mass is 15.4. The van der Waals surface area contributed by atoms with Crippen molar-refractivity contribution in [2.24, 2.45) is 0 Å². The average Bonchev–Trinajstić information content (AvgIpc) is 2.55. The van der Waals surface area contributed by atoms with Crippen LogP contribution in [-0.4, -0.2) is 20.3 Å². The third-order valence-electron chi connectivity index (χ3n) is 3.33. The summed E-state index contributed by atoms with van der Waals surface area (Å²) in [5.41, 5.74) is 4.12. The summed E-state index contributed by atoms with van der Waals surface area (Å²) in [6, 6.07) is 6.75. The molecular formula is C15H26N2. The first-order valence-electron chi connectivity index (χ1n) is 6.65. The summed E-state index contributed by atoms with van der Waals surface area (Å²) in [6.07, 6.45) is 2.83. The van der Waals surface area contributed by atoms with Crippen LogP contribution in [0.5, 0.6) is 0 Å². The topological polar surface area (TPSA) is 6.48 Å². The maximum Gasteiger partial charge on any atom is 0.0982 e. The quantitative estimate of drug-likeness (QED) is 0.727. The molecule has 2 heteroatoms. The van der Waals surface area contributed by atoms with Gasteiger partial charge in [-0.15, -0.1) is 0 Å². The largest absolute Gasteiger partial charge is 0.353 e. The molecule has 1 heterocycles. The van der Waals surface area contributed by atoms with Crippen molar-refractivity contribution in [3.63, 3.8) is 0 Å². The monoisotopic (exact) mass is 234 g/mol. The fraction of sp³-hybridized carbons (Fsp3) is 0.600. The van der Waals surface area contributed by atoms with Crippen molar-refractivity contribution < 1.29 is 0 Å². The number of nitrogens with zero attached hydrogens (tertiary/aromatic N) is 2. The summed E-state index contributed by atoms with van der Waals surface area (Å²) < 4.78 is 0. The van der Waals surface area contributed by atoms with E-state index in [0.29, 0.717) is 6.17 Å². The third kappa shape index (κ3) is 2.74. The molecule has 0 saturated heterocycles. The van der Waals surface area contributed by atoms with E-state index in [1.165, 1.54) is 23.4 Å². The van der Waals surface area contributed by atoms with Gasteiger partial charge in [-0.25, -0.2) is 0 Å². The van der Waals surface area contributed by atoms with E-state index < -0.39 is 0 Å².